The van der Waals surface area contributed by atoms with Gasteiger partial charge < -0.3 is 4.74 Å². The average Bonchev–Trinajstić information content (AvgIpc) is 3.14. The van der Waals surface area contributed by atoms with Crippen molar-refractivity contribution in [3.63, 3.8) is 0 Å². The van der Waals surface area contributed by atoms with E-state index < -0.39 is 0 Å². The van der Waals surface area contributed by atoms with E-state index >= 15 is 0 Å². The van der Waals surface area contributed by atoms with Gasteiger partial charge in [0.25, 0.3) is 0 Å². The first-order valence-corrected chi connectivity index (χ1v) is 6.23. The number of rotatable bonds is 3. The molecule has 0 aliphatic heterocycles. The Morgan fingerprint density at radius 1 is 0.950 bits per heavy atom. The molecule has 0 radical (unpaired) electrons. The monoisotopic (exact) mass is 307 g/mol. The molecule has 0 aliphatic rings. The van der Waals surface area contributed by atoms with Gasteiger partial charge in [0.15, 0.2) is 0 Å². The molecule has 0 spiro atoms. The molecule has 0 atom stereocenters. The van der Waals surface area contributed by atoms with Crippen LogP contribution in [0.4, 0.5) is 0 Å². The Morgan fingerprint density at radius 3 is 2.15 bits per heavy atom. The second-order valence-electron chi connectivity index (χ2n) is 4.11. The smallest absolute Gasteiger partial charge is 0.392 e. The van der Waals surface area contributed by atoms with Crippen molar-refractivity contribution in [1.29, 1.82) is 0 Å². The molecule has 0 bridgehead atoms. The van der Waals surface area contributed by atoms with Crippen LogP contribution in [0, 0.1) is 0 Å². The standard InChI is InChI=1S/C10H8N.C7H9O.Fe/c1-2-6-9(5-1)10-7-3-4-8-11-10;1-8-6-7-4-2-3-5-7;/h1-8H;2-5H,6H2,1H3;/q2*-1;+2. The third-order valence-electron chi connectivity index (χ3n) is 2.67. The van der Waals surface area contributed by atoms with Crippen molar-refractivity contribution in [2.75, 3.05) is 7.11 Å². The first-order valence-electron chi connectivity index (χ1n) is 6.23. The van der Waals surface area contributed by atoms with Crippen LogP contribution >= 0.6 is 0 Å². The quantitative estimate of drug-likeness (QED) is 0.538. The minimum Gasteiger partial charge on any atom is -0.392 e. The van der Waals surface area contributed by atoms with Crippen LogP contribution in [0.15, 0.2) is 72.9 Å². The Bertz CT molecular complexity index is 544. The normalized spacial score (nSPS) is 9.25. The fraction of sp³-hybridized carbons (Fsp3) is 0.118. The minimum atomic E-state index is 0. The molecule has 1 aromatic heterocycles. The maximum Gasteiger partial charge on any atom is 2.00 e. The fourth-order valence-electron chi connectivity index (χ4n) is 1.76. The molecule has 1 heterocycles. The molecule has 2 nitrogen and oxygen atoms in total. The van der Waals surface area contributed by atoms with Gasteiger partial charge in [-0.15, -0.1) is 23.8 Å². The molecule has 0 saturated heterocycles. The summed E-state index contributed by atoms with van der Waals surface area (Å²) in [5, 5.41) is 0. The van der Waals surface area contributed by atoms with E-state index in [1.165, 1.54) is 11.1 Å². The van der Waals surface area contributed by atoms with E-state index in [4.69, 9.17) is 4.74 Å². The van der Waals surface area contributed by atoms with Crippen molar-refractivity contribution in [1.82, 2.24) is 4.98 Å². The predicted octanol–water partition coefficient (Wildman–Crippen LogP) is 4.02. The van der Waals surface area contributed by atoms with Gasteiger partial charge >= 0.3 is 17.1 Å². The number of hydrogen-bond acceptors (Lipinski definition) is 2. The SMILES string of the molecule is COC[c-]1cccc1.[Fe+2].c1ccc(-[c-]2cccc2)nc1. The summed E-state index contributed by atoms with van der Waals surface area (Å²) in [6.45, 7) is 0.729. The molecule has 3 heteroatoms. The second-order valence-corrected chi connectivity index (χ2v) is 4.11. The van der Waals surface area contributed by atoms with Gasteiger partial charge in [0, 0.05) is 19.9 Å². The van der Waals surface area contributed by atoms with Gasteiger partial charge in [-0.1, -0.05) is 17.7 Å². The zero-order chi connectivity index (χ0) is 13.3. The van der Waals surface area contributed by atoms with Gasteiger partial charge in [0.2, 0.25) is 0 Å². The molecule has 3 rings (SSSR count). The maximum absolute atomic E-state index is 4.89. The number of methoxy groups -OCH3 is 1. The Labute approximate surface area is 130 Å². The molecule has 20 heavy (non-hydrogen) atoms. The average molecular weight is 307 g/mol. The first-order chi connectivity index (χ1) is 9.40. The van der Waals surface area contributed by atoms with Crippen molar-refractivity contribution < 1.29 is 21.8 Å². The van der Waals surface area contributed by atoms with Crippen LogP contribution in [0.3, 0.4) is 0 Å². The molecule has 0 saturated carbocycles. The van der Waals surface area contributed by atoms with E-state index in [-0.39, 0.29) is 17.1 Å². The van der Waals surface area contributed by atoms with Crippen molar-refractivity contribution in [3.8, 4) is 11.3 Å². The van der Waals surface area contributed by atoms with Crippen molar-refractivity contribution in [2.24, 2.45) is 0 Å². The summed E-state index contributed by atoms with van der Waals surface area (Å²) in [4.78, 5) is 4.22. The Kier molecular flexibility index (Phi) is 7.59. The van der Waals surface area contributed by atoms with Crippen LogP contribution in [0.2, 0.25) is 0 Å². The molecule has 0 amide bonds. The molecular weight excluding hydrogens is 290 g/mol. The molecule has 3 aromatic rings. The number of aromatic nitrogens is 1. The molecule has 104 valence electrons. The van der Waals surface area contributed by atoms with Crippen LogP contribution in [0.1, 0.15) is 5.56 Å². The van der Waals surface area contributed by atoms with E-state index in [1.54, 1.807) is 7.11 Å². The van der Waals surface area contributed by atoms with Gasteiger partial charge in [-0.05, 0) is 5.69 Å². The van der Waals surface area contributed by atoms with E-state index in [0.717, 1.165) is 12.3 Å². The van der Waals surface area contributed by atoms with Crippen LogP contribution < -0.4 is 0 Å². The van der Waals surface area contributed by atoms with E-state index in [1.807, 2.05) is 60.8 Å². The summed E-state index contributed by atoms with van der Waals surface area (Å²) < 4.78 is 4.89. The molecule has 0 unspecified atom stereocenters. The van der Waals surface area contributed by atoms with Gasteiger partial charge in [-0.2, -0.15) is 24.3 Å². The molecule has 0 fully saturated rings. The summed E-state index contributed by atoms with van der Waals surface area (Å²) in [5.74, 6) is 0. The molecule has 0 aliphatic carbocycles. The van der Waals surface area contributed by atoms with Gasteiger partial charge in [-0.25, -0.2) is 12.1 Å². The van der Waals surface area contributed by atoms with Gasteiger partial charge in [0.05, 0.1) is 0 Å². The Hall–Kier alpha value is -1.67. The zero-order valence-electron chi connectivity index (χ0n) is 11.3. The van der Waals surface area contributed by atoms with Crippen molar-refractivity contribution in [2.45, 2.75) is 6.61 Å². The number of hydrogen-bond donors (Lipinski definition) is 0. The Morgan fingerprint density at radius 2 is 1.60 bits per heavy atom. The van der Waals surface area contributed by atoms with Crippen LogP contribution in [0.25, 0.3) is 11.3 Å². The number of nitrogens with zero attached hydrogens (tertiary/aromatic N) is 1. The summed E-state index contributed by atoms with van der Waals surface area (Å²) in [6.07, 6.45) is 1.81. The summed E-state index contributed by atoms with van der Waals surface area (Å²) in [7, 11) is 1.70. The topological polar surface area (TPSA) is 22.1 Å². The fourth-order valence-corrected chi connectivity index (χ4v) is 1.76. The van der Waals surface area contributed by atoms with Crippen LogP contribution in [0.5, 0.6) is 0 Å². The third-order valence-corrected chi connectivity index (χ3v) is 2.67. The zero-order valence-corrected chi connectivity index (χ0v) is 12.4. The summed E-state index contributed by atoms with van der Waals surface area (Å²) in [5.41, 5.74) is 3.47. The summed E-state index contributed by atoms with van der Waals surface area (Å²) in [6, 6.07) is 22.2. The largest absolute Gasteiger partial charge is 2.00 e. The first kappa shape index (κ1) is 16.4. The van der Waals surface area contributed by atoms with Crippen LogP contribution in [-0.2, 0) is 28.4 Å². The van der Waals surface area contributed by atoms with E-state index in [9.17, 15) is 0 Å². The third kappa shape index (κ3) is 5.14. The summed E-state index contributed by atoms with van der Waals surface area (Å²) >= 11 is 0. The van der Waals surface area contributed by atoms with Crippen LogP contribution in [-0.4, -0.2) is 12.1 Å². The van der Waals surface area contributed by atoms with Crippen molar-refractivity contribution in [3.05, 3.63) is 78.5 Å². The second kappa shape index (κ2) is 9.27. The van der Waals surface area contributed by atoms with Crippen molar-refractivity contribution >= 4 is 0 Å². The minimum absolute atomic E-state index is 0. The number of pyridine rings is 1. The maximum atomic E-state index is 4.89. The van der Waals surface area contributed by atoms with Gasteiger partial charge in [-0.3, -0.25) is 4.98 Å². The number of ether oxygens (including phenoxy) is 1. The molecule has 0 N–H and O–H groups in total. The van der Waals surface area contributed by atoms with Gasteiger partial charge in [0.1, 0.15) is 0 Å². The molecular formula is C17H17FeNO. The molecule has 2 aromatic carbocycles. The predicted molar refractivity (Wildman–Crippen MR) is 78.0 cm³/mol. The Balaban J connectivity index is 0.000000200. The van der Waals surface area contributed by atoms with E-state index in [0.29, 0.717) is 0 Å². The van der Waals surface area contributed by atoms with E-state index in [2.05, 4.69) is 17.1 Å².